The molecule has 0 fully saturated rings. The van der Waals surface area contributed by atoms with Crippen molar-refractivity contribution < 1.29 is 20.2 Å². The zero-order chi connectivity index (χ0) is 13.8. The van der Waals surface area contributed by atoms with Crippen molar-refractivity contribution in [2.45, 2.75) is 58.1 Å². The van der Waals surface area contributed by atoms with Crippen LogP contribution in [0.4, 0.5) is 0 Å². The van der Waals surface area contributed by atoms with Gasteiger partial charge in [0.1, 0.15) is 12.2 Å². The number of hydrogen-bond acceptors (Lipinski definition) is 4. The monoisotopic (exact) mass is 261 g/mol. The zero-order valence-corrected chi connectivity index (χ0v) is 11.9. The summed E-state index contributed by atoms with van der Waals surface area (Å²) in [5, 5.41) is 19.2. The fraction of sp³-hybridized carbons (Fsp3) is 0.846. The third-order valence-corrected chi connectivity index (χ3v) is 2.76. The highest BCUT2D eigenvalue weighted by molar-refractivity contribution is 4.72. The second-order valence-corrected chi connectivity index (χ2v) is 4.58. The van der Waals surface area contributed by atoms with Gasteiger partial charge in [-0.3, -0.25) is 0 Å². The molecule has 0 radical (unpaired) electrons. The molecule has 0 aromatic rings. The second kappa shape index (κ2) is 11.6. The molecule has 5 heteroatoms. The topological polar surface area (TPSA) is 66.2 Å². The first-order valence-electron chi connectivity index (χ1n) is 6.77. The predicted molar refractivity (Wildman–Crippen MR) is 71.1 cm³/mol. The number of rotatable bonds is 11. The summed E-state index contributed by atoms with van der Waals surface area (Å²) < 4.78 is 4.97. The quantitative estimate of drug-likeness (QED) is 0.326. The molecule has 0 aliphatic rings. The largest absolute Gasteiger partial charge is 0.391 e. The van der Waals surface area contributed by atoms with E-state index in [4.69, 9.17) is 4.74 Å². The lowest BCUT2D eigenvalue weighted by Gasteiger charge is -2.20. The number of methoxy groups -OCH3 is 1. The molecule has 0 aliphatic heterocycles. The van der Waals surface area contributed by atoms with Gasteiger partial charge in [-0.25, -0.2) is 0 Å². The summed E-state index contributed by atoms with van der Waals surface area (Å²) in [5.74, 6) is 0. The average molecular weight is 261 g/mol. The third-order valence-electron chi connectivity index (χ3n) is 2.76. The van der Waals surface area contributed by atoms with E-state index in [1.165, 1.54) is 19.3 Å². The number of nitrogens with one attached hydrogen (secondary N) is 2. The number of aliphatic hydroxyl groups is 1. The summed E-state index contributed by atoms with van der Waals surface area (Å²) >= 11 is 0. The summed E-state index contributed by atoms with van der Waals surface area (Å²) in [6.45, 7) is 4.20. The molecule has 0 aromatic heterocycles. The summed E-state index contributed by atoms with van der Waals surface area (Å²) in [7, 11) is 1.57. The molecule has 0 saturated heterocycles. The molecule has 0 bridgehead atoms. The Hall–Kier alpha value is -0.460. The van der Waals surface area contributed by atoms with Gasteiger partial charge in [0.15, 0.2) is 0 Å². The number of hydroxylamine groups is 1. The molecule has 0 aromatic carbocycles. The Balaban J connectivity index is 3.78. The third kappa shape index (κ3) is 9.56. The van der Waals surface area contributed by atoms with Crippen molar-refractivity contribution in [3.8, 4) is 0 Å². The van der Waals surface area contributed by atoms with E-state index in [9.17, 15) is 10.3 Å². The number of allylic oxidation sites excluding steroid dienone is 1. The Kier molecular flexibility index (Phi) is 11.3. The second-order valence-electron chi connectivity index (χ2n) is 4.58. The SMILES string of the molecule is CCCCCCC=C[NH+](O)N[C@@H](COC)[C@H](C)O. The van der Waals surface area contributed by atoms with Gasteiger partial charge in [0.05, 0.1) is 12.7 Å². The fourth-order valence-corrected chi connectivity index (χ4v) is 1.60. The van der Waals surface area contributed by atoms with Gasteiger partial charge < -0.3 is 9.84 Å². The van der Waals surface area contributed by atoms with E-state index in [1.807, 2.05) is 6.08 Å². The number of unbranched alkanes of at least 4 members (excludes halogenated alkanes) is 4. The van der Waals surface area contributed by atoms with Gasteiger partial charge in [-0.1, -0.05) is 31.4 Å². The molecule has 1 unspecified atom stereocenters. The van der Waals surface area contributed by atoms with E-state index in [0.717, 1.165) is 12.8 Å². The molecular weight excluding hydrogens is 232 g/mol. The van der Waals surface area contributed by atoms with Crippen LogP contribution in [0.2, 0.25) is 0 Å². The average Bonchev–Trinajstić information content (AvgIpc) is 2.33. The van der Waals surface area contributed by atoms with Gasteiger partial charge in [0, 0.05) is 7.11 Å². The van der Waals surface area contributed by atoms with Gasteiger partial charge in [-0.05, 0) is 25.8 Å². The van der Waals surface area contributed by atoms with E-state index < -0.39 is 6.10 Å². The van der Waals surface area contributed by atoms with E-state index in [1.54, 1.807) is 20.2 Å². The van der Waals surface area contributed by atoms with Gasteiger partial charge in [0.25, 0.3) is 0 Å². The maximum Gasteiger partial charge on any atom is 0.143 e. The maximum atomic E-state index is 9.65. The molecule has 0 rings (SSSR count). The summed E-state index contributed by atoms with van der Waals surface area (Å²) in [6, 6.07) is -0.292. The Morgan fingerprint density at radius 3 is 2.61 bits per heavy atom. The van der Waals surface area contributed by atoms with E-state index in [-0.39, 0.29) is 11.2 Å². The molecule has 0 saturated carbocycles. The number of hydrogen-bond donors (Lipinski definition) is 4. The lowest BCUT2D eigenvalue weighted by atomic mass is 10.1. The van der Waals surface area contributed by atoms with Crippen LogP contribution in [0.5, 0.6) is 0 Å². The Morgan fingerprint density at radius 2 is 2.06 bits per heavy atom. The molecule has 3 atom stereocenters. The Labute approximate surface area is 110 Å². The number of aliphatic hydroxyl groups excluding tert-OH is 1. The van der Waals surface area contributed by atoms with Crippen LogP contribution in [0, 0.1) is 0 Å². The molecule has 5 nitrogen and oxygen atoms in total. The van der Waals surface area contributed by atoms with Crippen molar-refractivity contribution in [1.82, 2.24) is 5.43 Å². The lowest BCUT2D eigenvalue weighted by Crippen LogP contribution is -3.13. The van der Waals surface area contributed by atoms with E-state index in [0.29, 0.717) is 6.61 Å². The van der Waals surface area contributed by atoms with Crippen LogP contribution < -0.4 is 10.6 Å². The van der Waals surface area contributed by atoms with Crippen LogP contribution in [0.15, 0.2) is 12.3 Å². The summed E-state index contributed by atoms with van der Waals surface area (Å²) in [6.07, 6.45) is 8.86. The normalized spacial score (nSPS) is 16.9. The first-order chi connectivity index (χ1) is 8.61. The molecule has 4 N–H and O–H groups in total. The van der Waals surface area contributed by atoms with E-state index >= 15 is 0 Å². The first kappa shape index (κ1) is 17.5. The molecule has 18 heavy (non-hydrogen) atoms. The van der Waals surface area contributed by atoms with Crippen LogP contribution in [0.3, 0.4) is 0 Å². The minimum absolute atomic E-state index is 0.0773. The van der Waals surface area contributed by atoms with Gasteiger partial charge >= 0.3 is 0 Å². The summed E-state index contributed by atoms with van der Waals surface area (Å²) in [5.41, 5.74) is 2.83. The molecule has 0 aliphatic carbocycles. The van der Waals surface area contributed by atoms with Crippen LogP contribution >= 0.6 is 0 Å². The first-order valence-corrected chi connectivity index (χ1v) is 6.77. The standard InChI is InChI=1S/C13H28N2O3/c1-4-5-6-7-8-9-10-15(17)14-13(11-18-3)12(2)16/h9-10,12-14,16-17H,4-8,11H2,1-3H3/p+1/t12-,13-/m0/s1. The van der Waals surface area contributed by atoms with Crippen LogP contribution in [-0.2, 0) is 4.74 Å². The van der Waals surface area contributed by atoms with Crippen LogP contribution in [-0.4, -0.2) is 36.2 Å². The van der Waals surface area contributed by atoms with Crippen LogP contribution in [0.1, 0.15) is 46.0 Å². The van der Waals surface area contributed by atoms with Crippen molar-refractivity contribution in [2.75, 3.05) is 13.7 Å². The highest BCUT2D eigenvalue weighted by Crippen LogP contribution is 2.01. The maximum absolute atomic E-state index is 9.65. The fourth-order valence-electron chi connectivity index (χ4n) is 1.60. The predicted octanol–water partition coefficient (Wildman–Crippen LogP) is 0.645. The highest BCUT2D eigenvalue weighted by atomic mass is 16.5. The Bertz CT molecular complexity index is 210. The van der Waals surface area contributed by atoms with Gasteiger partial charge in [0.2, 0.25) is 0 Å². The van der Waals surface area contributed by atoms with Crippen molar-refractivity contribution >= 4 is 0 Å². The minimum atomic E-state index is -0.579. The summed E-state index contributed by atoms with van der Waals surface area (Å²) in [4.78, 5) is 0. The number of quaternary nitrogens is 1. The molecule has 0 heterocycles. The van der Waals surface area contributed by atoms with Gasteiger partial charge in [-0.2, -0.15) is 5.21 Å². The lowest BCUT2D eigenvalue weighted by molar-refractivity contribution is -1.09. The van der Waals surface area contributed by atoms with Crippen molar-refractivity contribution in [3.63, 3.8) is 0 Å². The van der Waals surface area contributed by atoms with E-state index in [2.05, 4.69) is 12.3 Å². The molecular formula is C13H29N2O3+. The molecule has 0 amide bonds. The zero-order valence-electron chi connectivity index (χ0n) is 11.9. The smallest absolute Gasteiger partial charge is 0.143 e. The van der Waals surface area contributed by atoms with Crippen molar-refractivity contribution in [1.29, 1.82) is 0 Å². The molecule has 0 spiro atoms. The minimum Gasteiger partial charge on any atom is -0.391 e. The van der Waals surface area contributed by atoms with Gasteiger partial charge in [-0.15, -0.1) is 5.43 Å². The number of ether oxygens (including phenoxy) is 1. The van der Waals surface area contributed by atoms with Crippen LogP contribution in [0.25, 0.3) is 0 Å². The Morgan fingerprint density at radius 1 is 1.33 bits per heavy atom. The highest BCUT2D eigenvalue weighted by Gasteiger charge is 2.18. The van der Waals surface area contributed by atoms with Crippen molar-refractivity contribution in [2.24, 2.45) is 0 Å². The molecule has 108 valence electrons. The van der Waals surface area contributed by atoms with Crippen molar-refractivity contribution in [3.05, 3.63) is 12.3 Å².